The normalized spacial score (nSPS) is 13.7. The van der Waals surface area contributed by atoms with Crippen LogP contribution in [0.15, 0.2) is 37.0 Å². The van der Waals surface area contributed by atoms with Crippen LogP contribution in [0.1, 0.15) is 13.3 Å². The number of halogens is 3. The maximum absolute atomic E-state index is 12.1. The molecule has 0 radical (unpaired) electrons. The Bertz CT molecular complexity index is 383. The lowest BCUT2D eigenvalue weighted by Crippen LogP contribution is -2.46. The first-order valence-corrected chi connectivity index (χ1v) is 5.04. The van der Waals surface area contributed by atoms with Gasteiger partial charge < -0.3 is 5.32 Å². The minimum absolute atomic E-state index is 0.0628. The maximum atomic E-state index is 12.1. The molecular formula is C12H14F3NO2. The predicted octanol–water partition coefficient (Wildman–Crippen LogP) is 2.31. The lowest BCUT2D eigenvalue weighted by atomic mass is 10.0. The first-order valence-electron chi connectivity index (χ1n) is 5.04. The van der Waals surface area contributed by atoms with Gasteiger partial charge in [-0.3, -0.25) is 9.59 Å². The molecule has 0 spiro atoms. The van der Waals surface area contributed by atoms with Gasteiger partial charge in [0.25, 0.3) is 0 Å². The Kier molecular flexibility index (Phi) is 6.08. The maximum Gasteiger partial charge on any atom is 0.471 e. The molecule has 0 saturated carbocycles. The Morgan fingerprint density at radius 1 is 1.33 bits per heavy atom. The van der Waals surface area contributed by atoms with Gasteiger partial charge in [0.05, 0.1) is 6.04 Å². The van der Waals surface area contributed by atoms with Crippen LogP contribution in [0.25, 0.3) is 0 Å². The number of carbonyl (C=O) groups excluding carboxylic acids is 2. The molecule has 0 aliphatic rings. The molecule has 100 valence electrons. The number of Topliss-reactive ketones (excluding diaryl/α,β-unsaturated/α-hetero) is 1. The van der Waals surface area contributed by atoms with E-state index in [4.69, 9.17) is 0 Å². The zero-order valence-electron chi connectivity index (χ0n) is 9.88. The van der Waals surface area contributed by atoms with Crippen LogP contribution < -0.4 is 5.32 Å². The minimum atomic E-state index is -5.01. The highest BCUT2D eigenvalue weighted by atomic mass is 19.4. The molecule has 0 bridgehead atoms. The molecule has 0 aromatic carbocycles. The lowest BCUT2D eigenvalue weighted by molar-refractivity contribution is -0.174. The van der Waals surface area contributed by atoms with Crippen LogP contribution in [0.4, 0.5) is 13.2 Å². The third-order valence-corrected chi connectivity index (χ3v) is 2.09. The summed E-state index contributed by atoms with van der Waals surface area (Å²) >= 11 is 0. The third-order valence-electron chi connectivity index (χ3n) is 2.09. The van der Waals surface area contributed by atoms with Crippen molar-refractivity contribution in [3.05, 3.63) is 37.0 Å². The summed E-state index contributed by atoms with van der Waals surface area (Å²) in [5.41, 5.74) is 0.507. The van der Waals surface area contributed by atoms with Crippen molar-refractivity contribution in [3.63, 3.8) is 0 Å². The summed E-state index contributed by atoms with van der Waals surface area (Å²) in [6, 6.07) is -1.23. The monoisotopic (exact) mass is 261 g/mol. The first-order chi connectivity index (χ1) is 8.22. The molecule has 18 heavy (non-hydrogen) atoms. The number of hydrogen-bond donors (Lipinski definition) is 1. The van der Waals surface area contributed by atoms with E-state index in [1.165, 1.54) is 18.2 Å². The largest absolute Gasteiger partial charge is 0.471 e. The zero-order valence-corrected chi connectivity index (χ0v) is 9.88. The summed E-state index contributed by atoms with van der Waals surface area (Å²) in [4.78, 5) is 21.9. The molecule has 0 unspecified atom stereocenters. The highest BCUT2D eigenvalue weighted by Gasteiger charge is 2.40. The van der Waals surface area contributed by atoms with Gasteiger partial charge >= 0.3 is 12.1 Å². The van der Waals surface area contributed by atoms with Gasteiger partial charge in [0.2, 0.25) is 0 Å². The number of alkyl halides is 3. The van der Waals surface area contributed by atoms with Crippen molar-refractivity contribution in [3.8, 4) is 0 Å². The van der Waals surface area contributed by atoms with E-state index >= 15 is 0 Å². The van der Waals surface area contributed by atoms with Crippen molar-refractivity contribution in [1.29, 1.82) is 0 Å². The first kappa shape index (κ1) is 16.1. The second kappa shape index (κ2) is 6.78. The standard InChI is InChI=1S/C12H14F3NO2/c1-4-6-9(5-2)7-10(8(3)17)16-11(18)12(13,14)15/h4-6,10H,1-2,7H2,3H3,(H,16,18)/b9-6+/t10-/m0/s1. The van der Waals surface area contributed by atoms with Gasteiger partial charge in [-0.1, -0.05) is 31.4 Å². The molecule has 0 rings (SSSR count). The van der Waals surface area contributed by atoms with Crippen molar-refractivity contribution in [2.75, 3.05) is 0 Å². The zero-order chi connectivity index (χ0) is 14.3. The van der Waals surface area contributed by atoms with Crippen molar-refractivity contribution in [2.24, 2.45) is 0 Å². The summed E-state index contributed by atoms with van der Waals surface area (Å²) in [6.07, 6.45) is -0.767. The van der Waals surface area contributed by atoms with E-state index in [1.54, 1.807) is 5.32 Å². The SMILES string of the molecule is C=C/C=C(\C=C)C[C@H](NC(=O)C(F)(F)F)C(C)=O. The van der Waals surface area contributed by atoms with E-state index in [9.17, 15) is 22.8 Å². The average Bonchev–Trinajstić information content (AvgIpc) is 2.25. The van der Waals surface area contributed by atoms with Gasteiger partial charge in [0.15, 0.2) is 5.78 Å². The Hall–Kier alpha value is -1.85. The molecule has 0 aliphatic heterocycles. The van der Waals surface area contributed by atoms with Gasteiger partial charge in [-0.05, 0) is 18.9 Å². The second-order valence-corrected chi connectivity index (χ2v) is 3.52. The van der Waals surface area contributed by atoms with Gasteiger partial charge in [0.1, 0.15) is 0 Å². The van der Waals surface area contributed by atoms with Gasteiger partial charge in [-0.25, -0.2) is 0 Å². The quantitative estimate of drug-likeness (QED) is 0.746. The number of amides is 1. The molecule has 0 aromatic heterocycles. The summed E-state index contributed by atoms with van der Waals surface area (Å²) < 4.78 is 36.2. The molecule has 1 amide bonds. The van der Waals surface area contributed by atoms with E-state index in [-0.39, 0.29) is 6.42 Å². The van der Waals surface area contributed by atoms with E-state index in [1.807, 2.05) is 0 Å². The fourth-order valence-electron chi connectivity index (χ4n) is 1.14. The van der Waals surface area contributed by atoms with Crippen molar-refractivity contribution < 1.29 is 22.8 Å². The van der Waals surface area contributed by atoms with Crippen molar-refractivity contribution in [2.45, 2.75) is 25.6 Å². The fourth-order valence-corrected chi connectivity index (χ4v) is 1.14. The van der Waals surface area contributed by atoms with Crippen LogP contribution in [0.3, 0.4) is 0 Å². The number of allylic oxidation sites excluding steroid dienone is 3. The Balaban J connectivity index is 4.84. The molecule has 1 atom stereocenters. The van der Waals surface area contributed by atoms with Crippen molar-refractivity contribution >= 4 is 11.7 Å². The van der Waals surface area contributed by atoms with E-state index < -0.39 is 23.9 Å². The van der Waals surface area contributed by atoms with Crippen molar-refractivity contribution in [1.82, 2.24) is 5.32 Å². The minimum Gasteiger partial charge on any atom is -0.338 e. The molecule has 0 aliphatic carbocycles. The second-order valence-electron chi connectivity index (χ2n) is 3.52. The molecule has 0 fully saturated rings. The van der Waals surface area contributed by atoms with E-state index in [2.05, 4.69) is 13.2 Å². The van der Waals surface area contributed by atoms with Crippen LogP contribution in [0.5, 0.6) is 0 Å². The van der Waals surface area contributed by atoms with Crippen LogP contribution in [0.2, 0.25) is 0 Å². The van der Waals surface area contributed by atoms with Crippen LogP contribution in [-0.4, -0.2) is 23.9 Å². The van der Waals surface area contributed by atoms with Crippen LogP contribution in [-0.2, 0) is 9.59 Å². The predicted molar refractivity (Wildman–Crippen MR) is 61.8 cm³/mol. The summed E-state index contributed by atoms with van der Waals surface area (Å²) in [5, 5.41) is 1.64. The Morgan fingerprint density at radius 3 is 2.22 bits per heavy atom. The molecule has 1 N–H and O–H groups in total. The molecule has 0 heterocycles. The molecule has 0 saturated heterocycles. The molecule has 3 nitrogen and oxygen atoms in total. The van der Waals surface area contributed by atoms with E-state index in [0.29, 0.717) is 5.57 Å². The number of hydrogen-bond acceptors (Lipinski definition) is 2. The highest BCUT2D eigenvalue weighted by molar-refractivity contribution is 5.89. The van der Waals surface area contributed by atoms with Gasteiger partial charge in [0, 0.05) is 0 Å². The van der Waals surface area contributed by atoms with Crippen LogP contribution in [0, 0.1) is 0 Å². The Labute approximate surface area is 103 Å². The summed E-state index contributed by atoms with van der Waals surface area (Å²) in [7, 11) is 0. The van der Waals surface area contributed by atoms with Gasteiger partial charge in [-0.2, -0.15) is 13.2 Å². The average molecular weight is 261 g/mol. The number of rotatable bonds is 6. The molecule has 6 heteroatoms. The highest BCUT2D eigenvalue weighted by Crippen LogP contribution is 2.16. The smallest absolute Gasteiger partial charge is 0.338 e. The lowest BCUT2D eigenvalue weighted by Gasteiger charge is -2.17. The molecule has 0 aromatic rings. The summed E-state index contributed by atoms with van der Waals surface area (Å²) in [5.74, 6) is -2.70. The number of carbonyl (C=O) groups is 2. The van der Waals surface area contributed by atoms with Gasteiger partial charge in [-0.15, -0.1) is 0 Å². The topological polar surface area (TPSA) is 46.2 Å². The summed E-state index contributed by atoms with van der Waals surface area (Å²) in [6.45, 7) is 7.99. The number of nitrogens with one attached hydrogen (secondary N) is 1. The third kappa shape index (κ3) is 5.47. The molecular weight excluding hydrogens is 247 g/mol. The Morgan fingerprint density at radius 2 is 1.89 bits per heavy atom. The van der Waals surface area contributed by atoms with E-state index in [0.717, 1.165) is 6.92 Å². The number of ketones is 1. The fraction of sp³-hybridized carbons (Fsp3) is 0.333. The van der Waals surface area contributed by atoms with Crippen LogP contribution >= 0.6 is 0 Å².